The summed E-state index contributed by atoms with van der Waals surface area (Å²) in [6.07, 6.45) is 1.99. The molecule has 88 valence electrons. The highest BCUT2D eigenvalue weighted by molar-refractivity contribution is 5.80. The van der Waals surface area contributed by atoms with Crippen LogP contribution in [-0.2, 0) is 9.53 Å². The Morgan fingerprint density at radius 3 is 2.67 bits per heavy atom. The van der Waals surface area contributed by atoms with Gasteiger partial charge in [0.05, 0.1) is 24.2 Å². The van der Waals surface area contributed by atoms with E-state index < -0.39 is 6.10 Å². The highest BCUT2D eigenvalue weighted by Gasteiger charge is 2.33. The van der Waals surface area contributed by atoms with Gasteiger partial charge in [-0.1, -0.05) is 0 Å². The Hall–Kier alpha value is -0.610. The molecule has 2 unspecified atom stereocenters. The fraction of sp³-hybridized carbons (Fsp3) is 0.909. The van der Waals surface area contributed by atoms with Crippen LogP contribution in [0.5, 0.6) is 0 Å². The minimum atomic E-state index is -0.469. The first-order chi connectivity index (χ1) is 6.96. The summed E-state index contributed by atoms with van der Waals surface area (Å²) in [4.78, 5) is 11.8. The standard InChI is InChI=1S/C11H21NO3/c1-11(2,7-15-3)12-10(14)8-5-4-6-9(8)13/h8-9,13H,4-7H2,1-3H3,(H,12,14). The number of aliphatic hydroxyl groups excluding tert-OH is 1. The third-order valence-corrected chi connectivity index (χ3v) is 2.78. The van der Waals surface area contributed by atoms with Crippen molar-refractivity contribution in [3.8, 4) is 0 Å². The topological polar surface area (TPSA) is 58.6 Å². The molecule has 0 radical (unpaired) electrons. The fourth-order valence-electron chi connectivity index (χ4n) is 2.07. The molecule has 2 atom stereocenters. The van der Waals surface area contributed by atoms with E-state index in [0.29, 0.717) is 6.61 Å². The largest absolute Gasteiger partial charge is 0.392 e. The number of hydrogen-bond donors (Lipinski definition) is 2. The molecule has 1 aliphatic rings. The van der Waals surface area contributed by atoms with Crippen LogP contribution >= 0.6 is 0 Å². The molecule has 0 aromatic heterocycles. The van der Waals surface area contributed by atoms with Gasteiger partial charge in [0.1, 0.15) is 0 Å². The van der Waals surface area contributed by atoms with E-state index in [4.69, 9.17) is 4.74 Å². The van der Waals surface area contributed by atoms with Crippen molar-refractivity contribution >= 4 is 5.91 Å². The van der Waals surface area contributed by atoms with Crippen molar-refractivity contribution in [3.63, 3.8) is 0 Å². The van der Waals surface area contributed by atoms with Crippen molar-refractivity contribution in [2.24, 2.45) is 5.92 Å². The van der Waals surface area contributed by atoms with E-state index in [0.717, 1.165) is 19.3 Å². The van der Waals surface area contributed by atoms with Crippen LogP contribution in [0, 0.1) is 5.92 Å². The molecule has 1 amide bonds. The van der Waals surface area contributed by atoms with Crippen molar-refractivity contribution in [1.82, 2.24) is 5.32 Å². The van der Waals surface area contributed by atoms with Gasteiger partial charge < -0.3 is 15.2 Å². The molecule has 1 rings (SSSR count). The lowest BCUT2D eigenvalue weighted by molar-refractivity contribution is -0.129. The molecule has 0 aromatic rings. The molecule has 0 aliphatic heterocycles. The second-order valence-corrected chi connectivity index (χ2v) is 4.91. The van der Waals surface area contributed by atoms with Crippen LogP contribution in [-0.4, -0.2) is 36.4 Å². The zero-order chi connectivity index (χ0) is 11.5. The van der Waals surface area contributed by atoms with Gasteiger partial charge in [-0.15, -0.1) is 0 Å². The Kier molecular flexibility index (Phi) is 4.11. The van der Waals surface area contributed by atoms with Gasteiger partial charge in [-0.3, -0.25) is 4.79 Å². The van der Waals surface area contributed by atoms with Crippen LogP contribution in [0.25, 0.3) is 0 Å². The van der Waals surface area contributed by atoms with Crippen LogP contribution in [0.4, 0.5) is 0 Å². The number of amides is 1. The summed E-state index contributed by atoms with van der Waals surface area (Å²) in [6.45, 7) is 4.30. The van der Waals surface area contributed by atoms with Crippen LogP contribution in [0.15, 0.2) is 0 Å². The number of aliphatic hydroxyl groups is 1. The highest BCUT2D eigenvalue weighted by atomic mass is 16.5. The first-order valence-corrected chi connectivity index (χ1v) is 5.45. The number of carbonyl (C=O) groups excluding carboxylic acids is 1. The van der Waals surface area contributed by atoms with E-state index in [2.05, 4.69) is 5.32 Å². The van der Waals surface area contributed by atoms with Gasteiger partial charge in [0, 0.05) is 7.11 Å². The van der Waals surface area contributed by atoms with Gasteiger partial charge >= 0.3 is 0 Å². The first-order valence-electron chi connectivity index (χ1n) is 5.45. The molecule has 15 heavy (non-hydrogen) atoms. The molecule has 0 aromatic carbocycles. The summed E-state index contributed by atoms with van der Waals surface area (Å²) >= 11 is 0. The predicted octanol–water partition coefficient (Wildman–Crippen LogP) is 0.689. The number of methoxy groups -OCH3 is 1. The lowest BCUT2D eigenvalue weighted by atomic mass is 10.0. The maximum absolute atomic E-state index is 11.8. The second kappa shape index (κ2) is 4.94. The van der Waals surface area contributed by atoms with Gasteiger partial charge in [-0.25, -0.2) is 0 Å². The van der Waals surface area contributed by atoms with Gasteiger partial charge in [-0.2, -0.15) is 0 Å². The Bertz CT molecular complexity index is 228. The number of rotatable bonds is 4. The Morgan fingerprint density at radius 2 is 2.20 bits per heavy atom. The third-order valence-electron chi connectivity index (χ3n) is 2.78. The van der Waals surface area contributed by atoms with E-state index in [9.17, 15) is 9.90 Å². The lowest BCUT2D eigenvalue weighted by Crippen LogP contribution is -2.50. The minimum Gasteiger partial charge on any atom is -0.392 e. The molecule has 1 aliphatic carbocycles. The van der Waals surface area contributed by atoms with E-state index in [1.165, 1.54) is 0 Å². The van der Waals surface area contributed by atoms with Crippen molar-refractivity contribution in [1.29, 1.82) is 0 Å². The summed E-state index contributed by atoms with van der Waals surface area (Å²) < 4.78 is 5.02. The molecule has 0 heterocycles. The summed E-state index contributed by atoms with van der Waals surface area (Å²) in [5.74, 6) is -0.289. The van der Waals surface area contributed by atoms with Crippen molar-refractivity contribution in [3.05, 3.63) is 0 Å². The number of nitrogens with one attached hydrogen (secondary N) is 1. The summed E-state index contributed by atoms with van der Waals surface area (Å²) in [6, 6.07) is 0. The summed E-state index contributed by atoms with van der Waals surface area (Å²) in [5, 5.41) is 12.5. The molecule has 4 heteroatoms. The zero-order valence-corrected chi connectivity index (χ0v) is 9.75. The molecular weight excluding hydrogens is 194 g/mol. The quantitative estimate of drug-likeness (QED) is 0.725. The van der Waals surface area contributed by atoms with Gasteiger partial charge in [0.25, 0.3) is 0 Å². The smallest absolute Gasteiger partial charge is 0.226 e. The summed E-state index contributed by atoms with van der Waals surface area (Å²) in [7, 11) is 1.61. The van der Waals surface area contributed by atoms with E-state index in [1.807, 2.05) is 13.8 Å². The molecule has 0 bridgehead atoms. The van der Waals surface area contributed by atoms with Crippen LogP contribution in [0.2, 0.25) is 0 Å². The van der Waals surface area contributed by atoms with Crippen LogP contribution in [0.1, 0.15) is 33.1 Å². The normalized spacial score (nSPS) is 26.7. The van der Waals surface area contributed by atoms with E-state index in [-0.39, 0.29) is 17.4 Å². The van der Waals surface area contributed by atoms with E-state index in [1.54, 1.807) is 7.11 Å². The molecule has 2 N–H and O–H groups in total. The first kappa shape index (κ1) is 12.5. The zero-order valence-electron chi connectivity index (χ0n) is 9.75. The summed E-state index contributed by atoms with van der Waals surface area (Å²) in [5.41, 5.74) is -0.367. The molecule has 0 spiro atoms. The molecule has 0 saturated heterocycles. The average Bonchev–Trinajstić information content (AvgIpc) is 2.50. The number of ether oxygens (including phenoxy) is 1. The maximum atomic E-state index is 11.8. The molecule has 1 saturated carbocycles. The number of carbonyl (C=O) groups is 1. The minimum absolute atomic E-state index is 0.0537. The maximum Gasteiger partial charge on any atom is 0.226 e. The van der Waals surface area contributed by atoms with Gasteiger partial charge in [0.15, 0.2) is 0 Å². The Balaban J connectivity index is 2.47. The molecule has 4 nitrogen and oxygen atoms in total. The van der Waals surface area contributed by atoms with Crippen molar-refractivity contribution in [2.45, 2.75) is 44.8 Å². The Morgan fingerprint density at radius 1 is 1.53 bits per heavy atom. The van der Waals surface area contributed by atoms with Crippen molar-refractivity contribution in [2.75, 3.05) is 13.7 Å². The van der Waals surface area contributed by atoms with Crippen LogP contribution < -0.4 is 5.32 Å². The van der Waals surface area contributed by atoms with Gasteiger partial charge in [0.2, 0.25) is 5.91 Å². The Labute approximate surface area is 91.0 Å². The van der Waals surface area contributed by atoms with E-state index >= 15 is 0 Å². The SMILES string of the molecule is COCC(C)(C)NC(=O)C1CCCC1O. The van der Waals surface area contributed by atoms with Gasteiger partial charge in [-0.05, 0) is 33.1 Å². The second-order valence-electron chi connectivity index (χ2n) is 4.91. The average molecular weight is 215 g/mol. The molecular formula is C11H21NO3. The number of hydrogen-bond acceptors (Lipinski definition) is 3. The van der Waals surface area contributed by atoms with Crippen LogP contribution in [0.3, 0.4) is 0 Å². The van der Waals surface area contributed by atoms with Crippen molar-refractivity contribution < 1.29 is 14.6 Å². The predicted molar refractivity (Wildman–Crippen MR) is 57.4 cm³/mol. The fourth-order valence-corrected chi connectivity index (χ4v) is 2.07. The monoisotopic (exact) mass is 215 g/mol. The lowest BCUT2D eigenvalue weighted by Gasteiger charge is -2.27. The third kappa shape index (κ3) is 3.47. The molecule has 1 fully saturated rings. The highest BCUT2D eigenvalue weighted by Crippen LogP contribution is 2.26.